The molecule has 36 heavy (non-hydrogen) atoms. The van der Waals surface area contributed by atoms with Crippen LogP contribution in [0, 0.1) is 0 Å². The number of anilines is 4. The van der Waals surface area contributed by atoms with Crippen LogP contribution in [0.5, 0.6) is 5.75 Å². The molecule has 2 N–H and O–H groups in total. The van der Waals surface area contributed by atoms with E-state index in [1.807, 2.05) is 32.1 Å². The maximum Gasteiger partial charge on any atom is 0.247 e. The first-order valence-electron chi connectivity index (χ1n) is 11.1. The summed E-state index contributed by atoms with van der Waals surface area (Å²) in [5, 5.41) is 5.97. The van der Waals surface area contributed by atoms with Crippen molar-refractivity contribution in [1.82, 2.24) is 14.9 Å². The van der Waals surface area contributed by atoms with E-state index >= 15 is 0 Å². The van der Waals surface area contributed by atoms with Gasteiger partial charge >= 0.3 is 0 Å². The molecule has 0 spiro atoms. The molecule has 188 valence electrons. The number of methoxy groups -OCH3 is 1. The van der Waals surface area contributed by atoms with Gasteiger partial charge in [-0.15, -0.1) is 0 Å². The van der Waals surface area contributed by atoms with E-state index in [2.05, 4.69) is 48.0 Å². The van der Waals surface area contributed by atoms with Gasteiger partial charge in [-0.3, -0.25) is 9.59 Å². The number of amides is 1. The van der Waals surface area contributed by atoms with Gasteiger partial charge in [-0.1, -0.05) is 22.5 Å². The molecule has 0 atom stereocenters. The van der Waals surface area contributed by atoms with Crippen LogP contribution in [0.4, 0.5) is 23.0 Å². The Morgan fingerprint density at radius 2 is 1.81 bits per heavy atom. The number of hydrogen-bond donors (Lipinski definition) is 2. The van der Waals surface area contributed by atoms with Crippen molar-refractivity contribution in [3.63, 3.8) is 0 Å². The van der Waals surface area contributed by atoms with Crippen LogP contribution in [-0.2, 0) is 4.79 Å². The highest BCUT2D eigenvalue weighted by Gasteiger charge is 2.17. The molecule has 1 amide bonds. The fourth-order valence-corrected chi connectivity index (χ4v) is 3.59. The number of likely N-dealkylation sites (N-methyl/N-ethyl adjacent to an activating group) is 2. The van der Waals surface area contributed by atoms with E-state index in [4.69, 9.17) is 4.74 Å². The number of carbonyl (C=O) groups is 2. The molecule has 1 aromatic heterocycles. The molecule has 1 heterocycles. The fraction of sp³-hybridized carbons (Fsp3) is 0.231. The Morgan fingerprint density at radius 1 is 1.08 bits per heavy atom. The molecule has 0 saturated heterocycles. The molecular formula is C26H29BrN6O3. The minimum atomic E-state index is -0.341. The monoisotopic (exact) mass is 552 g/mol. The minimum Gasteiger partial charge on any atom is -0.494 e. The topological polar surface area (TPSA) is 99.7 Å². The van der Waals surface area contributed by atoms with Crippen molar-refractivity contribution in [2.75, 3.05) is 56.9 Å². The molecule has 3 rings (SSSR count). The second-order valence-electron chi connectivity index (χ2n) is 8.21. The third-order valence-corrected chi connectivity index (χ3v) is 5.82. The Kier molecular flexibility index (Phi) is 9.15. The Balaban J connectivity index is 1.95. The van der Waals surface area contributed by atoms with E-state index in [0.717, 1.165) is 23.2 Å². The second kappa shape index (κ2) is 12.3. The number of carbonyl (C=O) groups excluding carboxylic acids is 2. The van der Waals surface area contributed by atoms with Gasteiger partial charge in [-0.05, 0) is 56.6 Å². The van der Waals surface area contributed by atoms with Gasteiger partial charge < -0.3 is 25.2 Å². The summed E-state index contributed by atoms with van der Waals surface area (Å²) >= 11 is 3.37. The van der Waals surface area contributed by atoms with Crippen molar-refractivity contribution >= 4 is 50.6 Å². The smallest absolute Gasteiger partial charge is 0.247 e. The third kappa shape index (κ3) is 6.89. The summed E-state index contributed by atoms with van der Waals surface area (Å²) in [4.78, 5) is 37.8. The molecule has 0 radical (unpaired) electrons. The maximum atomic E-state index is 12.9. The first kappa shape index (κ1) is 26.8. The summed E-state index contributed by atoms with van der Waals surface area (Å²) in [6.45, 7) is 5.09. The third-order valence-electron chi connectivity index (χ3n) is 5.30. The Morgan fingerprint density at radius 3 is 2.44 bits per heavy atom. The largest absolute Gasteiger partial charge is 0.494 e. The first-order chi connectivity index (χ1) is 17.2. The van der Waals surface area contributed by atoms with Gasteiger partial charge in [0.25, 0.3) is 0 Å². The summed E-state index contributed by atoms with van der Waals surface area (Å²) in [6.07, 6.45) is 2.72. The fourth-order valence-electron chi connectivity index (χ4n) is 3.32. The van der Waals surface area contributed by atoms with Crippen LogP contribution in [0.1, 0.15) is 16.1 Å². The van der Waals surface area contributed by atoms with E-state index < -0.39 is 0 Å². The molecule has 9 nitrogen and oxygen atoms in total. The van der Waals surface area contributed by atoms with Crippen LogP contribution in [0.25, 0.3) is 0 Å². The summed E-state index contributed by atoms with van der Waals surface area (Å²) in [7, 11) is 7.49. The quantitative estimate of drug-likeness (QED) is 0.267. The molecule has 0 aliphatic heterocycles. The van der Waals surface area contributed by atoms with E-state index in [1.54, 1.807) is 43.5 Å². The molecule has 3 aromatic rings. The Hall–Kier alpha value is -3.76. The van der Waals surface area contributed by atoms with Crippen molar-refractivity contribution in [1.29, 1.82) is 0 Å². The number of benzene rings is 2. The lowest BCUT2D eigenvalue weighted by Crippen LogP contribution is -2.29. The van der Waals surface area contributed by atoms with Gasteiger partial charge in [0.15, 0.2) is 0 Å². The van der Waals surface area contributed by atoms with Crippen LogP contribution < -0.4 is 20.3 Å². The predicted octanol–water partition coefficient (Wildman–Crippen LogP) is 4.34. The summed E-state index contributed by atoms with van der Waals surface area (Å²) in [5.41, 5.74) is 2.62. The summed E-state index contributed by atoms with van der Waals surface area (Å²) in [5.74, 6) is 0.168. The lowest BCUT2D eigenvalue weighted by atomic mass is 10.1. The molecule has 0 aliphatic carbocycles. The molecule has 0 aliphatic rings. The van der Waals surface area contributed by atoms with Crippen molar-refractivity contribution in [3.05, 3.63) is 77.0 Å². The zero-order chi connectivity index (χ0) is 26.2. The number of nitrogens with one attached hydrogen (secondary N) is 2. The van der Waals surface area contributed by atoms with Gasteiger partial charge in [0, 0.05) is 42.4 Å². The average Bonchev–Trinajstić information content (AvgIpc) is 2.87. The van der Waals surface area contributed by atoms with Gasteiger partial charge in [-0.25, -0.2) is 9.97 Å². The molecule has 0 fully saturated rings. The zero-order valence-electron chi connectivity index (χ0n) is 20.7. The van der Waals surface area contributed by atoms with Crippen LogP contribution in [0.15, 0.2) is 65.8 Å². The predicted molar refractivity (Wildman–Crippen MR) is 147 cm³/mol. The van der Waals surface area contributed by atoms with Crippen molar-refractivity contribution in [2.45, 2.75) is 0 Å². The van der Waals surface area contributed by atoms with E-state index in [9.17, 15) is 9.59 Å². The Bertz CT molecular complexity index is 1250. The van der Waals surface area contributed by atoms with Gasteiger partial charge in [0.2, 0.25) is 17.6 Å². The molecular weight excluding hydrogens is 524 g/mol. The molecule has 0 unspecified atom stereocenters. The second-order valence-corrected chi connectivity index (χ2v) is 9.13. The van der Waals surface area contributed by atoms with Crippen molar-refractivity contribution in [3.8, 4) is 5.75 Å². The average molecular weight is 553 g/mol. The van der Waals surface area contributed by atoms with Gasteiger partial charge in [0.1, 0.15) is 11.4 Å². The van der Waals surface area contributed by atoms with Crippen molar-refractivity contribution in [2.24, 2.45) is 0 Å². The standard InChI is InChI=1S/C26H29BrN6O3/c1-6-24(34)29-20-15-21(23(36-5)16-22(20)33(4)14-13-32(2)3)31-26-28-12-11-19(30-26)25(35)17-7-9-18(27)10-8-17/h6-12,15-16H,1,13-14H2,2-5H3,(H,29,34)(H,28,30,31). The lowest BCUT2D eigenvalue weighted by molar-refractivity contribution is -0.111. The number of ketones is 1. The zero-order valence-corrected chi connectivity index (χ0v) is 22.3. The Labute approximate surface area is 219 Å². The van der Waals surface area contributed by atoms with E-state index in [1.165, 1.54) is 12.3 Å². The summed E-state index contributed by atoms with van der Waals surface area (Å²) in [6, 6.07) is 12.2. The highest BCUT2D eigenvalue weighted by Crippen LogP contribution is 2.37. The normalized spacial score (nSPS) is 10.6. The number of halogens is 1. The minimum absolute atomic E-state index is 0.214. The van der Waals surface area contributed by atoms with Gasteiger partial charge in [0.05, 0.1) is 24.2 Å². The highest BCUT2D eigenvalue weighted by molar-refractivity contribution is 9.10. The summed E-state index contributed by atoms with van der Waals surface area (Å²) < 4.78 is 6.50. The number of ether oxygens (including phenoxy) is 1. The highest BCUT2D eigenvalue weighted by atomic mass is 79.9. The van der Waals surface area contributed by atoms with Gasteiger partial charge in [-0.2, -0.15) is 0 Å². The first-order valence-corrected chi connectivity index (χ1v) is 11.9. The van der Waals surface area contributed by atoms with Crippen LogP contribution in [0.3, 0.4) is 0 Å². The van der Waals surface area contributed by atoms with Crippen LogP contribution in [-0.4, -0.2) is 67.9 Å². The molecule has 2 aromatic carbocycles. The molecule has 0 saturated carbocycles. The lowest BCUT2D eigenvalue weighted by Gasteiger charge is -2.26. The van der Waals surface area contributed by atoms with E-state index in [-0.39, 0.29) is 23.3 Å². The SMILES string of the molecule is C=CC(=O)Nc1cc(Nc2nccc(C(=O)c3ccc(Br)cc3)n2)c(OC)cc1N(C)CCN(C)C. The molecule has 0 bridgehead atoms. The van der Waals surface area contributed by atoms with Crippen LogP contribution >= 0.6 is 15.9 Å². The van der Waals surface area contributed by atoms with E-state index in [0.29, 0.717) is 22.7 Å². The number of rotatable bonds is 11. The maximum absolute atomic E-state index is 12.9. The number of hydrogen-bond acceptors (Lipinski definition) is 8. The van der Waals surface area contributed by atoms with Crippen LogP contribution in [0.2, 0.25) is 0 Å². The number of aromatic nitrogens is 2. The van der Waals surface area contributed by atoms with Crippen molar-refractivity contribution < 1.29 is 14.3 Å². The number of nitrogens with zero attached hydrogens (tertiary/aromatic N) is 4. The molecule has 10 heteroatoms.